The Morgan fingerprint density at radius 1 is 1.26 bits per heavy atom. The van der Waals surface area contributed by atoms with Gasteiger partial charge in [-0.05, 0) is 39.0 Å². The predicted octanol–water partition coefficient (Wildman–Crippen LogP) is 3.28. The molecule has 0 aromatic heterocycles. The normalized spacial score (nSPS) is 11.9. The second kappa shape index (κ2) is 7.59. The summed E-state index contributed by atoms with van der Waals surface area (Å²) < 4.78 is 30.1. The summed E-state index contributed by atoms with van der Waals surface area (Å²) in [6.45, 7) is 5.35. The molecule has 6 nitrogen and oxygen atoms in total. The van der Waals surface area contributed by atoms with E-state index in [0.717, 1.165) is 10.6 Å². The maximum Gasteiger partial charge on any atom is 0.407 e. The number of rotatable bonds is 5. The van der Waals surface area contributed by atoms with Gasteiger partial charge in [-0.15, -0.1) is 0 Å². The minimum atomic E-state index is -3.54. The Balaban J connectivity index is 2.78. The first kappa shape index (κ1) is 19.9. The third-order valence-electron chi connectivity index (χ3n) is 2.57. The molecule has 0 fully saturated rings. The summed E-state index contributed by atoms with van der Waals surface area (Å²) >= 11 is 11.8. The van der Waals surface area contributed by atoms with Crippen molar-refractivity contribution in [3.8, 4) is 0 Å². The Labute approximate surface area is 146 Å². The van der Waals surface area contributed by atoms with Gasteiger partial charge < -0.3 is 10.1 Å². The van der Waals surface area contributed by atoms with Gasteiger partial charge in [-0.1, -0.05) is 23.2 Å². The van der Waals surface area contributed by atoms with E-state index < -0.39 is 21.7 Å². The average molecular weight is 383 g/mol. The van der Waals surface area contributed by atoms with Crippen LogP contribution in [0, 0.1) is 0 Å². The van der Waals surface area contributed by atoms with Gasteiger partial charge in [-0.2, -0.15) is 0 Å². The highest BCUT2D eigenvalue weighted by Crippen LogP contribution is 2.28. The van der Waals surface area contributed by atoms with Crippen LogP contribution in [0.1, 0.15) is 20.8 Å². The smallest absolute Gasteiger partial charge is 0.407 e. The molecule has 0 radical (unpaired) electrons. The first-order valence-corrected chi connectivity index (χ1v) is 9.40. The molecule has 23 heavy (non-hydrogen) atoms. The molecule has 1 aromatic rings. The van der Waals surface area contributed by atoms with Gasteiger partial charge in [0.15, 0.2) is 0 Å². The number of nitrogens with zero attached hydrogens (tertiary/aromatic N) is 1. The van der Waals surface area contributed by atoms with Gasteiger partial charge in [0.25, 0.3) is 0 Å². The largest absolute Gasteiger partial charge is 0.444 e. The topological polar surface area (TPSA) is 75.7 Å². The van der Waals surface area contributed by atoms with Crippen LogP contribution in [0.4, 0.5) is 10.5 Å². The second-order valence-corrected chi connectivity index (χ2v) is 8.58. The zero-order valence-corrected chi connectivity index (χ0v) is 15.7. The summed E-state index contributed by atoms with van der Waals surface area (Å²) in [5.74, 6) is 0. The van der Waals surface area contributed by atoms with Crippen LogP contribution >= 0.6 is 23.2 Å². The van der Waals surface area contributed by atoms with E-state index in [-0.39, 0.29) is 18.1 Å². The minimum Gasteiger partial charge on any atom is -0.444 e. The molecule has 0 bridgehead atoms. The van der Waals surface area contributed by atoms with Crippen LogP contribution in [0.5, 0.6) is 0 Å². The van der Waals surface area contributed by atoms with Crippen molar-refractivity contribution in [1.29, 1.82) is 0 Å². The van der Waals surface area contributed by atoms with Crippen LogP contribution < -0.4 is 9.62 Å². The molecule has 1 rings (SSSR count). The molecule has 9 heteroatoms. The van der Waals surface area contributed by atoms with Crippen molar-refractivity contribution >= 4 is 45.0 Å². The summed E-state index contributed by atoms with van der Waals surface area (Å²) in [5.41, 5.74) is -0.252. The van der Waals surface area contributed by atoms with Crippen LogP contribution in [-0.2, 0) is 14.8 Å². The Kier molecular flexibility index (Phi) is 6.56. The standard InChI is InChI=1S/C14H20Cl2N2O4S/c1-14(2,3)22-13(19)17-7-8-18(23(4,20)21)10-5-6-11(15)12(16)9-10/h5-6,9H,7-8H2,1-4H3,(H,17,19). The third kappa shape index (κ3) is 6.85. The first-order valence-electron chi connectivity index (χ1n) is 6.80. The quantitative estimate of drug-likeness (QED) is 0.847. The Morgan fingerprint density at radius 2 is 1.87 bits per heavy atom. The maximum atomic E-state index is 11.9. The molecular weight excluding hydrogens is 363 g/mol. The van der Waals surface area contributed by atoms with Gasteiger partial charge in [0, 0.05) is 6.54 Å². The molecule has 0 heterocycles. The second-order valence-electron chi connectivity index (χ2n) is 5.86. The number of nitrogens with one attached hydrogen (secondary N) is 1. The zero-order chi connectivity index (χ0) is 17.8. The van der Waals surface area contributed by atoms with Gasteiger partial charge in [0.1, 0.15) is 5.60 Å². The van der Waals surface area contributed by atoms with Gasteiger partial charge >= 0.3 is 6.09 Å². The fourth-order valence-electron chi connectivity index (χ4n) is 1.70. The molecule has 0 aliphatic rings. The van der Waals surface area contributed by atoms with Crippen molar-refractivity contribution in [1.82, 2.24) is 5.32 Å². The van der Waals surface area contributed by atoms with Crippen LogP contribution in [0.25, 0.3) is 0 Å². The third-order valence-corrected chi connectivity index (χ3v) is 4.51. The van der Waals surface area contributed by atoms with Gasteiger partial charge in [-0.3, -0.25) is 4.31 Å². The Bertz CT molecular complexity index is 672. The lowest BCUT2D eigenvalue weighted by Gasteiger charge is -2.24. The van der Waals surface area contributed by atoms with E-state index in [1.165, 1.54) is 12.1 Å². The van der Waals surface area contributed by atoms with Crippen LogP contribution in [-0.4, -0.2) is 39.5 Å². The number of alkyl carbamates (subject to hydrolysis) is 1. The first-order chi connectivity index (χ1) is 10.4. The lowest BCUT2D eigenvalue weighted by molar-refractivity contribution is 0.0529. The predicted molar refractivity (Wildman–Crippen MR) is 92.9 cm³/mol. The maximum absolute atomic E-state index is 11.9. The molecule has 130 valence electrons. The number of carbonyl (C=O) groups excluding carboxylic acids is 1. The molecule has 0 aliphatic carbocycles. The summed E-state index contributed by atoms with van der Waals surface area (Å²) in [6.07, 6.45) is 0.461. The number of benzene rings is 1. The van der Waals surface area contributed by atoms with E-state index in [0.29, 0.717) is 10.7 Å². The van der Waals surface area contributed by atoms with Crippen LogP contribution in [0.2, 0.25) is 10.0 Å². The Hall–Kier alpha value is -1.18. The van der Waals surface area contributed by atoms with E-state index >= 15 is 0 Å². The summed E-state index contributed by atoms with van der Waals surface area (Å²) in [7, 11) is -3.54. The van der Waals surface area contributed by atoms with Crippen LogP contribution in [0.15, 0.2) is 18.2 Å². The summed E-state index contributed by atoms with van der Waals surface area (Å²) in [6, 6.07) is 4.51. The van der Waals surface area contributed by atoms with E-state index in [1.54, 1.807) is 26.8 Å². The van der Waals surface area contributed by atoms with Gasteiger partial charge in [-0.25, -0.2) is 13.2 Å². The highest BCUT2D eigenvalue weighted by Gasteiger charge is 2.20. The number of hydrogen-bond donors (Lipinski definition) is 1. The number of hydrogen-bond acceptors (Lipinski definition) is 4. The Morgan fingerprint density at radius 3 is 2.35 bits per heavy atom. The average Bonchev–Trinajstić information content (AvgIpc) is 2.34. The van der Waals surface area contributed by atoms with Crippen molar-refractivity contribution in [2.75, 3.05) is 23.7 Å². The lowest BCUT2D eigenvalue weighted by Crippen LogP contribution is -2.40. The molecular formula is C14H20Cl2N2O4S. The van der Waals surface area contributed by atoms with Gasteiger partial charge in [0.2, 0.25) is 10.0 Å². The number of halogens is 2. The van der Waals surface area contributed by atoms with Crippen molar-refractivity contribution < 1.29 is 17.9 Å². The molecule has 1 amide bonds. The molecule has 0 saturated heterocycles. The fraction of sp³-hybridized carbons (Fsp3) is 0.500. The van der Waals surface area contributed by atoms with Crippen LogP contribution in [0.3, 0.4) is 0 Å². The monoisotopic (exact) mass is 382 g/mol. The SMILES string of the molecule is CC(C)(C)OC(=O)NCCN(c1ccc(Cl)c(Cl)c1)S(C)(=O)=O. The molecule has 0 aliphatic heterocycles. The highest BCUT2D eigenvalue weighted by atomic mass is 35.5. The minimum absolute atomic E-state index is 0.0377. The summed E-state index contributed by atoms with van der Waals surface area (Å²) in [5, 5.41) is 3.09. The number of sulfonamides is 1. The van der Waals surface area contributed by atoms with Crippen molar-refractivity contribution in [3.05, 3.63) is 28.2 Å². The number of amides is 1. The number of ether oxygens (including phenoxy) is 1. The van der Waals surface area contributed by atoms with Crippen molar-refractivity contribution in [3.63, 3.8) is 0 Å². The van der Waals surface area contributed by atoms with E-state index in [2.05, 4.69) is 5.32 Å². The van der Waals surface area contributed by atoms with Crippen molar-refractivity contribution in [2.45, 2.75) is 26.4 Å². The number of carbonyl (C=O) groups is 1. The molecule has 1 N–H and O–H groups in total. The van der Waals surface area contributed by atoms with Crippen molar-refractivity contribution in [2.24, 2.45) is 0 Å². The van der Waals surface area contributed by atoms with E-state index in [9.17, 15) is 13.2 Å². The molecule has 0 spiro atoms. The molecule has 0 atom stereocenters. The summed E-state index contributed by atoms with van der Waals surface area (Å²) in [4.78, 5) is 11.6. The number of anilines is 1. The van der Waals surface area contributed by atoms with Gasteiger partial charge in [0.05, 0.1) is 28.5 Å². The molecule has 1 aromatic carbocycles. The molecule has 0 saturated carbocycles. The lowest BCUT2D eigenvalue weighted by atomic mass is 10.2. The van der Waals surface area contributed by atoms with E-state index in [1.807, 2.05) is 0 Å². The highest BCUT2D eigenvalue weighted by molar-refractivity contribution is 7.92. The zero-order valence-electron chi connectivity index (χ0n) is 13.4. The fourth-order valence-corrected chi connectivity index (χ4v) is 2.91. The molecule has 0 unspecified atom stereocenters. The van der Waals surface area contributed by atoms with E-state index in [4.69, 9.17) is 27.9 Å².